The molecule has 1 heteroatoms. The van der Waals surface area contributed by atoms with Gasteiger partial charge >= 0.3 is 0 Å². The SMILES string of the molecule is CCCCCCCCP(CCCC)CCCC. The third kappa shape index (κ3) is 12.7. The standard InChI is InChI=1S/C16H35P/c1-4-7-10-11-12-13-16-17(14-8-5-2)15-9-6-3/h4-16H2,1-3H3. The highest BCUT2D eigenvalue weighted by atomic mass is 31.1. The molecule has 0 aromatic rings. The fraction of sp³-hybridized carbons (Fsp3) is 1.00. The number of rotatable bonds is 13. The molecule has 0 amide bonds. The third-order valence-corrected chi connectivity index (χ3v) is 6.33. The summed E-state index contributed by atoms with van der Waals surface area (Å²) in [5, 5.41) is 0. The first-order chi connectivity index (χ1) is 8.35. The van der Waals surface area contributed by atoms with E-state index in [4.69, 9.17) is 0 Å². The van der Waals surface area contributed by atoms with Crippen LogP contribution < -0.4 is 0 Å². The maximum absolute atomic E-state index is 2.33. The minimum Gasteiger partial charge on any atom is -0.107 e. The molecule has 0 heterocycles. The van der Waals surface area contributed by atoms with Gasteiger partial charge in [0.15, 0.2) is 0 Å². The Bertz CT molecular complexity index is 125. The molecule has 0 rings (SSSR count). The van der Waals surface area contributed by atoms with E-state index in [1.165, 1.54) is 64.2 Å². The second-order valence-corrected chi connectivity index (χ2v) is 8.00. The fourth-order valence-electron chi connectivity index (χ4n) is 2.21. The first kappa shape index (κ1) is 17.4. The molecule has 0 bridgehead atoms. The zero-order valence-corrected chi connectivity index (χ0v) is 13.5. The summed E-state index contributed by atoms with van der Waals surface area (Å²) in [6.07, 6.45) is 19.2. The average molecular weight is 258 g/mol. The first-order valence-electron chi connectivity index (χ1n) is 8.07. The van der Waals surface area contributed by atoms with E-state index in [2.05, 4.69) is 20.8 Å². The summed E-state index contributed by atoms with van der Waals surface area (Å²) < 4.78 is 0. The van der Waals surface area contributed by atoms with E-state index >= 15 is 0 Å². The van der Waals surface area contributed by atoms with Gasteiger partial charge in [-0.15, -0.1) is 7.92 Å². The molecule has 0 spiro atoms. The van der Waals surface area contributed by atoms with Gasteiger partial charge in [-0.1, -0.05) is 65.7 Å². The molecule has 0 atom stereocenters. The highest BCUT2D eigenvalue weighted by molar-refractivity contribution is 7.57. The molecule has 0 N–H and O–H groups in total. The van der Waals surface area contributed by atoms with Crippen molar-refractivity contribution >= 4 is 7.92 Å². The lowest BCUT2D eigenvalue weighted by Gasteiger charge is -2.17. The molecule has 0 saturated carbocycles. The Balaban J connectivity index is 3.45. The normalized spacial score (nSPS) is 11.3. The van der Waals surface area contributed by atoms with E-state index < -0.39 is 0 Å². The molecular formula is C16H35P. The summed E-state index contributed by atoms with van der Waals surface area (Å²) in [4.78, 5) is 0. The monoisotopic (exact) mass is 258 g/mol. The van der Waals surface area contributed by atoms with Crippen LogP contribution in [0.4, 0.5) is 0 Å². The molecule has 0 nitrogen and oxygen atoms in total. The molecule has 0 saturated heterocycles. The molecule has 0 fully saturated rings. The van der Waals surface area contributed by atoms with E-state index in [0.29, 0.717) is 7.92 Å². The summed E-state index contributed by atoms with van der Waals surface area (Å²) in [6.45, 7) is 6.96. The van der Waals surface area contributed by atoms with Crippen LogP contribution in [-0.2, 0) is 0 Å². The Kier molecular flexibility index (Phi) is 14.9. The van der Waals surface area contributed by atoms with Crippen LogP contribution in [0.3, 0.4) is 0 Å². The summed E-state index contributed by atoms with van der Waals surface area (Å²) in [6, 6.07) is 0. The quantitative estimate of drug-likeness (QED) is 0.264. The zero-order valence-electron chi connectivity index (χ0n) is 12.6. The fourth-order valence-corrected chi connectivity index (χ4v) is 5.08. The van der Waals surface area contributed by atoms with Crippen molar-refractivity contribution in [2.45, 2.75) is 85.0 Å². The molecule has 0 aliphatic rings. The lowest BCUT2D eigenvalue weighted by molar-refractivity contribution is 0.625. The van der Waals surface area contributed by atoms with E-state index in [1.54, 1.807) is 18.5 Å². The Hall–Kier alpha value is 0.430. The molecule has 0 aromatic carbocycles. The Labute approximate surface area is 112 Å². The van der Waals surface area contributed by atoms with Gasteiger partial charge in [0.2, 0.25) is 0 Å². The van der Waals surface area contributed by atoms with Crippen molar-refractivity contribution in [2.75, 3.05) is 18.5 Å². The Morgan fingerprint density at radius 1 is 0.471 bits per heavy atom. The van der Waals surface area contributed by atoms with Gasteiger partial charge in [-0.25, -0.2) is 0 Å². The van der Waals surface area contributed by atoms with Crippen molar-refractivity contribution in [3.8, 4) is 0 Å². The van der Waals surface area contributed by atoms with Crippen LogP contribution in [-0.4, -0.2) is 18.5 Å². The van der Waals surface area contributed by atoms with E-state index in [-0.39, 0.29) is 0 Å². The summed E-state index contributed by atoms with van der Waals surface area (Å²) in [5.41, 5.74) is 0. The van der Waals surface area contributed by atoms with E-state index in [0.717, 1.165) is 0 Å². The predicted octanol–water partition coefficient (Wildman–Crippen LogP) is 6.43. The van der Waals surface area contributed by atoms with Gasteiger partial charge in [-0.05, 0) is 37.7 Å². The van der Waals surface area contributed by atoms with Gasteiger partial charge in [0.1, 0.15) is 0 Å². The molecule has 0 aliphatic heterocycles. The molecule has 0 radical (unpaired) electrons. The lowest BCUT2D eigenvalue weighted by Crippen LogP contribution is -1.96. The largest absolute Gasteiger partial charge is 0.107 e. The van der Waals surface area contributed by atoms with Crippen LogP contribution >= 0.6 is 7.92 Å². The van der Waals surface area contributed by atoms with Crippen molar-refractivity contribution in [3.05, 3.63) is 0 Å². The number of unbranched alkanes of at least 4 members (excludes halogenated alkanes) is 7. The van der Waals surface area contributed by atoms with Gasteiger partial charge < -0.3 is 0 Å². The van der Waals surface area contributed by atoms with Gasteiger partial charge in [0, 0.05) is 0 Å². The average Bonchev–Trinajstić information content (AvgIpc) is 2.35. The van der Waals surface area contributed by atoms with Crippen LogP contribution in [0.5, 0.6) is 0 Å². The molecule has 104 valence electrons. The molecule has 0 aromatic heterocycles. The van der Waals surface area contributed by atoms with Crippen molar-refractivity contribution < 1.29 is 0 Å². The molecule has 0 unspecified atom stereocenters. The van der Waals surface area contributed by atoms with Crippen LogP contribution in [0.1, 0.15) is 85.0 Å². The Morgan fingerprint density at radius 2 is 0.882 bits per heavy atom. The summed E-state index contributed by atoms with van der Waals surface area (Å²) >= 11 is 0. The topological polar surface area (TPSA) is 0 Å². The summed E-state index contributed by atoms with van der Waals surface area (Å²) in [5.74, 6) is 0. The second-order valence-electron chi connectivity index (χ2n) is 5.32. The van der Waals surface area contributed by atoms with Crippen molar-refractivity contribution in [2.24, 2.45) is 0 Å². The van der Waals surface area contributed by atoms with Crippen LogP contribution in [0.2, 0.25) is 0 Å². The third-order valence-electron chi connectivity index (χ3n) is 3.48. The van der Waals surface area contributed by atoms with Crippen LogP contribution in [0.15, 0.2) is 0 Å². The maximum atomic E-state index is 2.33. The van der Waals surface area contributed by atoms with E-state index in [9.17, 15) is 0 Å². The van der Waals surface area contributed by atoms with Gasteiger partial charge in [-0.2, -0.15) is 0 Å². The molecule has 17 heavy (non-hydrogen) atoms. The number of hydrogen-bond acceptors (Lipinski definition) is 0. The van der Waals surface area contributed by atoms with Gasteiger partial charge in [0.25, 0.3) is 0 Å². The van der Waals surface area contributed by atoms with Crippen molar-refractivity contribution in [1.82, 2.24) is 0 Å². The van der Waals surface area contributed by atoms with Crippen LogP contribution in [0.25, 0.3) is 0 Å². The first-order valence-corrected chi connectivity index (χ1v) is 9.97. The van der Waals surface area contributed by atoms with Crippen molar-refractivity contribution in [3.63, 3.8) is 0 Å². The highest BCUT2D eigenvalue weighted by Gasteiger charge is 2.06. The van der Waals surface area contributed by atoms with Crippen molar-refractivity contribution in [1.29, 1.82) is 0 Å². The van der Waals surface area contributed by atoms with Gasteiger partial charge in [0.05, 0.1) is 0 Å². The predicted molar refractivity (Wildman–Crippen MR) is 84.7 cm³/mol. The Morgan fingerprint density at radius 3 is 1.41 bits per heavy atom. The smallest absolute Gasteiger partial charge is 0.0326 e. The number of hydrogen-bond donors (Lipinski definition) is 0. The minimum atomic E-state index is 0.403. The summed E-state index contributed by atoms with van der Waals surface area (Å²) in [7, 11) is 0.403. The highest BCUT2D eigenvalue weighted by Crippen LogP contribution is 2.38. The van der Waals surface area contributed by atoms with Crippen LogP contribution in [0, 0.1) is 0 Å². The molecular weight excluding hydrogens is 223 g/mol. The zero-order chi connectivity index (χ0) is 12.8. The minimum absolute atomic E-state index is 0.403. The molecule has 0 aliphatic carbocycles. The second kappa shape index (κ2) is 14.5. The maximum Gasteiger partial charge on any atom is -0.0326 e. The van der Waals surface area contributed by atoms with Gasteiger partial charge in [-0.3, -0.25) is 0 Å². The van der Waals surface area contributed by atoms with E-state index in [1.807, 2.05) is 0 Å². The lowest BCUT2D eigenvalue weighted by atomic mass is 10.1.